The topological polar surface area (TPSA) is 67.6 Å². The van der Waals surface area contributed by atoms with E-state index in [1.807, 2.05) is 21.0 Å². The van der Waals surface area contributed by atoms with Crippen LogP contribution in [0.2, 0.25) is 0 Å². The molecule has 0 fully saturated rings. The van der Waals surface area contributed by atoms with Crippen LogP contribution in [0.15, 0.2) is 4.52 Å². The molecule has 1 amide bonds. The molecule has 0 aliphatic rings. The number of aromatic nitrogens is 1. The van der Waals surface area contributed by atoms with E-state index in [4.69, 9.17) is 9.26 Å². The lowest BCUT2D eigenvalue weighted by molar-refractivity contribution is -0.116. The number of carbonyl (C=O) groups is 1. The summed E-state index contributed by atoms with van der Waals surface area (Å²) < 4.78 is 10.1. The lowest BCUT2D eigenvalue weighted by Crippen LogP contribution is -2.27. The number of carbonyl (C=O) groups excluding carboxylic acids is 1. The van der Waals surface area contributed by atoms with Gasteiger partial charge in [-0.05, 0) is 21.0 Å². The van der Waals surface area contributed by atoms with Crippen LogP contribution in [0.1, 0.15) is 11.3 Å². The highest BCUT2D eigenvalue weighted by molar-refractivity contribution is 5.91. The number of aryl methyl sites for hydroxylation is 1. The van der Waals surface area contributed by atoms with E-state index in [-0.39, 0.29) is 5.91 Å². The fourth-order valence-corrected chi connectivity index (χ4v) is 1.44. The Labute approximate surface area is 101 Å². The van der Waals surface area contributed by atoms with Crippen molar-refractivity contribution in [3.05, 3.63) is 11.3 Å². The molecule has 1 N–H and O–H groups in total. The number of anilines is 1. The lowest BCUT2D eigenvalue weighted by Gasteiger charge is -2.09. The van der Waals surface area contributed by atoms with Crippen LogP contribution in [-0.4, -0.2) is 50.3 Å². The minimum atomic E-state index is -0.121. The fourth-order valence-electron chi connectivity index (χ4n) is 1.44. The van der Waals surface area contributed by atoms with Crippen molar-refractivity contribution in [2.45, 2.75) is 13.3 Å². The normalized spacial score (nSPS) is 10.9. The first-order valence-electron chi connectivity index (χ1n) is 5.43. The number of likely N-dealkylation sites (N-methyl/N-ethyl adjacent to an activating group) is 1. The summed E-state index contributed by atoms with van der Waals surface area (Å²) in [6.07, 6.45) is 0.670. The summed E-state index contributed by atoms with van der Waals surface area (Å²) in [5.41, 5.74) is 1.67. The molecule has 0 unspecified atom stereocenters. The van der Waals surface area contributed by atoms with Gasteiger partial charge >= 0.3 is 0 Å². The van der Waals surface area contributed by atoms with E-state index in [0.29, 0.717) is 25.5 Å². The minimum absolute atomic E-state index is 0.121. The van der Waals surface area contributed by atoms with Crippen LogP contribution in [-0.2, 0) is 16.0 Å². The highest BCUT2D eigenvalue weighted by Gasteiger charge is 2.15. The minimum Gasteiger partial charge on any atom is -0.384 e. The molecule has 0 radical (unpaired) electrons. The molecule has 0 aliphatic carbocycles. The number of methoxy groups -OCH3 is 1. The summed E-state index contributed by atoms with van der Waals surface area (Å²) in [6.45, 7) is 2.72. The second kappa shape index (κ2) is 6.36. The molecule has 17 heavy (non-hydrogen) atoms. The Bertz CT molecular complexity index is 374. The number of rotatable bonds is 6. The first-order valence-corrected chi connectivity index (χ1v) is 5.43. The third-order valence-corrected chi connectivity index (χ3v) is 2.25. The van der Waals surface area contributed by atoms with E-state index in [0.717, 1.165) is 11.3 Å². The number of nitrogens with zero attached hydrogens (tertiary/aromatic N) is 2. The van der Waals surface area contributed by atoms with E-state index < -0.39 is 0 Å². The van der Waals surface area contributed by atoms with Crippen LogP contribution in [0.5, 0.6) is 0 Å². The van der Waals surface area contributed by atoms with E-state index >= 15 is 0 Å². The van der Waals surface area contributed by atoms with Crippen molar-refractivity contribution in [3.8, 4) is 0 Å². The lowest BCUT2D eigenvalue weighted by atomic mass is 10.2. The first-order chi connectivity index (χ1) is 8.04. The predicted molar refractivity (Wildman–Crippen MR) is 64.0 cm³/mol. The van der Waals surface area contributed by atoms with Crippen molar-refractivity contribution in [2.24, 2.45) is 0 Å². The molecule has 1 aromatic rings. The fraction of sp³-hybridized carbons (Fsp3) is 0.636. The van der Waals surface area contributed by atoms with Gasteiger partial charge < -0.3 is 14.2 Å². The molecule has 1 aromatic heterocycles. The average molecular weight is 241 g/mol. The largest absolute Gasteiger partial charge is 0.384 e. The standard InChI is InChI=1S/C11H19N3O3/c1-8-9(5-6-16-4)11(17-13-8)12-10(15)7-14(2)3/h5-7H2,1-4H3,(H,12,15). The summed E-state index contributed by atoms with van der Waals surface area (Å²) in [6, 6.07) is 0. The van der Waals surface area contributed by atoms with Gasteiger partial charge in [0, 0.05) is 19.1 Å². The molecule has 1 rings (SSSR count). The van der Waals surface area contributed by atoms with E-state index in [2.05, 4.69) is 10.5 Å². The molecule has 0 aromatic carbocycles. The van der Waals surface area contributed by atoms with Gasteiger partial charge in [-0.1, -0.05) is 5.16 Å². The monoisotopic (exact) mass is 241 g/mol. The molecule has 0 saturated heterocycles. The quantitative estimate of drug-likeness (QED) is 0.793. The zero-order chi connectivity index (χ0) is 12.8. The summed E-state index contributed by atoms with van der Waals surface area (Å²) >= 11 is 0. The van der Waals surface area contributed by atoms with Crippen LogP contribution >= 0.6 is 0 Å². The Hall–Kier alpha value is -1.40. The third-order valence-electron chi connectivity index (χ3n) is 2.25. The van der Waals surface area contributed by atoms with Gasteiger partial charge in [-0.15, -0.1) is 0 Å². The molecule has 96 valence electrons. The highest BCUT2D eigenvalue weighted by Crippen LogP contribution is 2.19. The predicted octanol–water partition coefficient (Wildman–Crippen LogP) is 0.672. The molecule has 0 atom stereocenters. The Morgan fingerprint density at radius 3 is 2.82 bits per heavy atom. The van der Waals surface area contributed by atoms with Crippen LogP contribution in [0.4, 0.5) is 5.88 Å². The molecule has 6 nitrogen and oxygen atoms in total. The van der Waals surface area contributed by atoms with Crippen LogP contribution < -0.4 is 5.32 Å². The van der Waals surface area contributed by atoms with Crippen molar-refractivity contribution >= 4 is 11.8 Å². The molecular formula is C11H19N3O3. The first kappa shape index (κ1) is 13.7. The number of ether oxygens (including phenoxy) is 1. The average Bonchev–Trinajstić information content (AvgIpc) is 2.56. The smallest absolute Gasteiger partial charge is 0.240 e. The molecule has 0 saturated carbocycles. The Kier molecular flexibility index (Phi) is 5.11. The van der Waals surface area contributed by atoms with Crippen molar-refractivity contribution in [1.82, 2.24) is 10.1 Å². The Balaban J connectivity index is 2.67. The second-order valence-corrected chi connectivity index (χ2v) is 4.10. The third kappa shape index (κ3) is 4.16. The van der Waals surface area contributed by atoms with E-state index in [1.54, 1.807) is 12.0 Å². The molecule has 1 heterocycles. The molecule has 0 spiro atoms. The zero-order valence-electron chi connectivity index (χ0n) is 10.7. The van der Waals surface area contributed by atoms with Gasteiger partial charge in [0.2, 0.25) is 11.8 Å². The van der Waals surface area contributed by atoms with Gasteiger partial charge in [0.05, 0.1) is 18.8 Å². The SMILES string of the molecule is COCCc1c(C)noc1NC(=O)CN(C)C. The number of hydrogen-bond donors (Lipinski definition) is 1. The van der Waals surface area contributed by atoms with Gasteiger partial charge in [-0.25, -0.2) is 0 Å². The van der Waals surface area contributed by atoms with Gasteiger partial charge in [0.25, 0.3) is 0 Å². The molecular weight excluding hydrogens is 222 g/mol. The van der Waals surface area contributed by atoms with Crippen LogP contribution in [0.25, 0.3) is 0 Å². The second-order valence-electron chi connectivity index (χ2n) is 4.10. The summed E-state index contributed by atoms with van der Waals surface area (Å²) in [5, 5.41) is 6.55. The van der Waals surface area contributed by atoms with Gasteiger partial charge in [0.1, 0.15) is 0 Å². The number of hydrogen-bond acceptors (Lipinski definition) is 5. The molecule has 0 aliphatic heterocycles. The number of nitrogens with one attached hydrogen (secondary N) is 1. The van der Waals surface area contributed by atoms with E-state index in [9.17, 15) is 4.79 Å². The van der Waals surface area contributed by atoms with Crippen molar-refractivity contribution in [2.75, 3.05) is 39.7 Å². The van der Waals surface area contributed by atoms with Crippen LogP contribution in [0.3, 0.4) is 0 Å². The maximum atomic E-state index is 11.6. The summed E-state index contributed by atoms with van der Waals surface area (Å²) in [4.78, 5) is 13.4. The summed E-state index contributed by atoms with van der Waals surface area (Å²) in [7, 11) is 5.29. The summed E-state index contributed by atoms with van der Waals surface area (Å²) in [5.74, 6) is 0.302. The van der Waals surface area contributed by atoms with Crippen molar-refractivity contribution < 1.29 is 14.1 Å². The van der Waals surface area contributed by atoms with Gasteiger partial charge in [0.15, 0.2) is 0 Å². The Morgan fingerprint density at radius 1 is 1.53 bits per heavy atom. The highest BCUT2D eigenvalue weighted by atomic mass is 16.5. The van der Waals surface area contributed by atoms with Gasteiger partial charge in [-0.3, -0.25) is 10.1 Å². The molecule has 6 heteroatoms. The van der Waals surface area contributed by atoms with Gasteiger partial charge in [-0.2, -0.15) is 0 Å². The zero-order valence-corrected chi connectivity index (χ0v) is 10.7. The maximum absolute atomic E-state index is 11.6. The molecule has 0 bridgehead atoms. The van der Waals surface area contributed by atoms with E-state index in [1.165, 1.54) is 0 Å². The van der Waals surface area contributed by atoms with Crippen molar-refractivity contribution in [1.29, 1.82) is 0 Å². The Morgan fingerprint density at radius 2 is 2.24 bits per heavy atom. The van der Waals surface area contributed by atoms with Crippen LogP contribution in [0, 0.1) is 6.92 Å². The number of amides is 1. The van der Waals surface area contributed by atoms with Crippen molar-refractivity contribution in [3.63, 3.8) is 0 Å². The maximum Gasteiger partial charge on any atom is 0.240 e.